The highest BCUT2D eigenvalue weighted by molar-refractivity contribution is 5.92. The average molecular weight is 247 g/mol. The first-order valence-electron chi connectivity index (χ1n) is 6.59. The molecule has 2 unspecified atom stereocenters. The van der Waals surface area contributed by atoms with Crippen molar-refractivity contribution in [2.45, 2.75) is 38.1 Å². The smallest absolute Gasteiger partial charge is 0.270 e. The van der Waals surface area contributed by atoms with Crippen LogP contribution in [0.4, 0.5) is 0 Å². The van der Waals surface area contributed by atoms with E-state index in [0.29, 0.717) is 18.2 Å². The van der Waals surface area contributed by atoms with E-state index < -0.39 is 0 Å². The van der Waals surface area contributed by atoms with Gasteiger partial charge in [-0.3, -0.25) is 9.78 Å². The molecule has 0 saturated heterocycles. The van der Waals surface area contributed by atoms with Crippen LogP contribution in [0, 0.1) is 5.92 Å². The van der Waals surface area contributed by atoms with Crippen molar-refractivity contribution in [1.29, 1.82) is 0 Å². The summed E-state index contributed by atoms with van der Waals surface area (Å²) in [6, 6.07) is 5.35. The predicted octanol–water partition coefficient (Wildman–Crippen LogP) is 1.72. The molecule has 4 nitrogen and oxygen atoms in total. The lowest BCUT2D eigenvalue weighted by Crippen LogP contribution is -2.56. The highest BCUT2D eigenvalue weighted by Gasteiger charge is 2.35. The first-order valence-corrected chi connectivity index (χ1v) is 6.59. The molecule has 0 spiro atoms. The number of amides is 1. The summed E-state index contributed by atoms with van der Waals surface area (Å²) in [7, 11) is 0. The van der Waals surface area contributed by atoms with Gasteiger partial charge in [0, 0.05) is 12.7 Å². The minimum absolute atomic E-state index is 0.116. The number of nitrogens with two attached hydrogens (primary N) is 1. The average Bonchev–Trinajstić information content (AvgIpc) is 2.39. The zero-order valence-corrected chi connectivity index (χ0v) is 10.9. The fourth-order valence-electron chi connectivity index (χ4n) is 2.81. The zero-order valence-electron chi connectivity index (χ0n) is 10.9. The third-order valence-corrected chi connectivity index (χ3v) is 3.76. The molecule has 1 fully saturated rings. The summed E-state index contributed by atoms with van der Waals surface area (Å²) in [6.45, 7) is 2.71. The number of pyridine rings is 1. The quantitative estimate of drug-likeness (QED) is 0.854. The lowest BCUT2D eigenvalue weighted by molar-refractivity contribution is 0.0848. The summed E-state index contributed by atoms with van der Waals surface area (Å²) in [5.41, 5.74) is 6.11. The van der Waals surface area contributed by atoms with E-state index in [0.717, 1.165) is 19.3 Å². The Balaban J connectivity index is 2.08. The van der Waals surface area contributed by atoms with E-state index >= 15 is 0 Å². The Labute approximate surface area is 108 Å². The number of carbonyl (C=O) groups excluding carboxylic acids is 1. The fraction of sp³-hybridized carbons (Fsp3) is 0.571. The summed E-state index contributed by atoms with van der Waals surface area (Å²) >= 11 is 0. The van der Waals surface area contributed by atoms with E-state index in [2.05, 4.69) is 17.2 Å². The van der Waals surface area contributed by atoms with E-state index in [1.807, 2.05) is 6.07 Å². The molecule has 2 atom stereocenters. The van der Waals surface area contributed by atoms with Crippen LogP contribution >= 0.6 is 0 Å². The maximum Gasteiger partial charge on any atom is 0.270 e. The van der Waals surface area contributed by atoms with Crippen molar-refractivity contribution in [3.05, 3.63) is 30.1 Å². The normalized spacial score (nSPS) is 27.8. The third kappa shape index (κ3) is 2.88. The molecule has 0 aromatic carbocycles. The van der Waals surface area contributed by atoms with E-state index in [1.54, 1.807) is 18.3 Å². The van der Waals surface area contributed by atoms with Crippen LogP contribution in [-0.2, 0) is 0 Å². The molecule has 1 aromatic rings. The maximum atomic E-state index is 12.2. The molecule has 4 heteroatoms. The van der Waals surface area contributed by atoms with Gasteiger partial charge < -0.3 is 11.1 Å². The van der Waals surface area contributed by atoms with Gasteiger partial charge in [0.2, 0.25) is 0 Å². The van der Waals surface area contributed by atoms with Crippen LogP contribution in [0.1, 0.15) is 43.1 Å². The number of nitrogens with zero attached hydrogens (tertiary/aromatic N) is 1. The van der Waals surface area contributed by atoms with Crippen molar-refractivity contribution in [1.82, 2.24) is 10.3 Å². The predicted molar refractivity (Wildman–Crippen MR) is 71.1 cm³/mol. The Kier molecular flexibility index (Phi) is 3.97. The van der Waals surface area contributed by atoms with Gasteiger partial charge >= 0.3 is 0 Å². The van der Waals surface area contributed by atoms with Gasteiger partial charge in [0.15, 0.2) is 0 Å². The second kappa shape index (κ2) is 5.48. The largest absolute Gasteiger partial charge is 0.344 e. The van der Waals surface area contributed by atoms with E-state index in [4.69, 9.17) is 5.73 Å². The number of hydrogen-bond acceptors (Lipinski definition) is 3. The van der Waals surface area contributed by atoms with Gasteiger partial charge in [-0.05, 0) is 30.9 Å². The molecule has 18 heavy (non-hydrogen) atoms. The summed E-state index contributed by atoms with van der Waals surface area (Å²) < 4.78 is 0. The van der Waals surface area contributed by atoms with Crippen LogP contribution in [0.3, 0.4) is 0 Å². The SMILES string of the molecule is CC1CCCC(CN)(NC(=O)c2ccccn2)C1. The Morgan fingerprint density at radius 3 is 3.06 bits per heavy atom. The molecule has 0 radical (unpaired) electrons. The molecule has 98 valence electrons. The highest BCUT2D eigenvalue weighted by Crippen LogP contribution is 2.31. The van der Waals surface area contributed by atoms with Crippen molar-refractivity contribution in [2.24, 2.45) is 11.7 Å². The van der Waals surface area contributed by atoms with Crippen molar-refractivity contribution in [2.75, 3.05) is 6.54 Å². The minimum Gasteiger partial charge on any atom is -0.344 e. The van der Waals surface area contributed by atoms with Gasteiger partial charge in [-0.15, -0.1) is 0 Å². The molecule has 1 aliphatic carbocycles. The Morgan fingerprint density at radius 2 is 2.44 bits per heavy atom. The van der Waals surface area contributed by atoms with Gasteiger partial charge in [0.1, 0.15) is 5.69 Å². The van der Waals surface area contributed by atoms with Crippen LogP contribution in [0.2, 0.25) is 0 Å². The molecule has 0 aliphatic heterocycles. The van der Waals surface area contributed by atoms with Crippen molar-refractivity contribution < 1.29 is 4.79 Å². The lowest BCUT2D eigenvalue weighted by Gasteiger charge is -2.39. The van der Waals surface area contributed by atoms with Crippen LogP contribution < -0.4 is 11.1 Å². The Hall–Kier alpha value is -1.42. The van der Waals surface area contributed by atoms with Crippen LogP contribution in [-0.4, -0.2) is 23.0 Å². The van der Waals surface area contributed by atoms with Crippen molar-refractivity contribution in [3.63, 3.8) is 0 Å². The molecule has 3 N–H and O–H groups in total. The monoisotopic (exact) mass is 247 g/mol. The maximum absolute atomic E-state index is 12.2. The highest BCUT2D eigenvalue weighted by atomic mass is 16.2. The summed E-state index contributed by atoms with van der Waals surface area (Å²) in [4.78, 5) is 16.2. The van der Waals surface area contributed by atoms with Crippen LogP contribution in [0.15, 0.2) is 24.4 Å². The standard InChI is InChI=1S/C14H21N3O/c1-11-5-4-7-14(9-11,10-15)17-13(18)12-6-2-3-8-16-12/h2-3,6,8,11H,4-5,7,9-10,15H2,1H3,(H,17,18). The lowest BCUT2D eigenvalue weighted by atomic mass is 9.76. The van der Waals surface area contributed by atoms with Gasteiger partial charge in [-0.1, -0.05) is 25.8 Å². The van der Waals surface area contributed by atoms with Gasteiger partial charge in [-0.25, -0.2) is 0 Å². The molecule has 1 saturated carbocycles. The summed E-state index contributed by atoms with van der Waals surface area (Å²) in [5.74, 6) is 0.501. The molecule has 0 bridgehead atoms. The molecule has 1 amide bonds. The van der Waals surface area contributed by atoms with Gasteiger partial charge in [-0.2, -0.15) is 0 Å². The van der Waals surface area contributed by atoms with Crippen LogP contribution in [0.25, 0.3) is 0 Å². The first-order chi connectivity index (χ1) is 8.65. The molecule has 1 heterocycles. The second-order valence-corrected chi connectivity index (χ2v) is 5.36. The molecule has 1 aromatic heterocycles. The minimum atomic E-state index is -0.244. The fourth-order valence-corrected chi connectivity index (χ4v) is 2.81. The Bertz CT molecular complexity index is 407. The third-order valence-electron chi connectivity index (χ3n) is 3.76. The summed E-state index contributed by atoms with van der Waals surface area (Å²) in [6.07, 6.45) is 5.91. The first kappa shape index (κ1) is 13.0. The van der Waals surface area contributed by atoms with E-state index in [1.165, 1.54) is 6.42 Å². The topological polar surface area (TPSA) is 68.0 Å². The van der Waals surface area contributed by atoms with Crippen LogP contribution in [0.5, 0.6) is 0 Å². The number of nitrogens with one attached hydrogen (secondary N) is 1. The summed E-state index contributed by atoms with van der Waals surface area (Å²) in [5, 5.41) is 3.10. The second-order valence-electron chi connectivity index (χ2n) is 5.36. The number of aromatic nitrogens is 1. The van der Waals surface area contributed by atoms with Gasteiger partial charge in [0.25, 0.3) is 5.91 Å². The number of carbonyl (C=O) groups is 1. The number of hydrogen-bond donors (Lipinski definition) is 2. The number of rotatable bonds is 3. The molecular weight excluding hydrogens is 226 g/mol. The van der Waals surface area contributed by atoms with Crippen molar-refractivity contribution >= 4 is 5.91 Å². The molecule has 1 aliphatic rings. The van der Waals surface area contributed by atoms with E-state index in [9.17, 15) is 4.79 Å². The van der Waals surface area contributed by atoms with Crippen molar-refractivity contribution in [3.8, 4) is 0 Å². The van der Waals surface area contributed by atoms with E-state index in [-0.39, 0.29) is 11.4 Å². The zero-order chi connectivity index (χ0) is 13.0. The molecular formula is C14H21N3O. The van der Waals surface area contributed by atoms with Gasteiger partial charge in [0.05, 0.1) is 5.54 Å². The Morgan fingerprint density at radius 1 is 1.61 bits per heavy atom. The molecule has 2 rings (SSSR count).